The van der Waals surface area contributed by atoms with Crippen LogP contribution in [0, 0.1) is 16.7 Å². The molecule has 0 heterocycles. The van der Waals surface area contributed by atoms with Gasteiger partial charge in [0.1, 0.15) is 0 Å². The topological polar surface area (TPSA) is 55.1 Å². The van der Waals surface area contributed by atoms with E-state index in [0.29, 0.717) is 11.3 Å². The predicted octanol–water partition coefficient (Wildman–Crippen LogP) is 3.08. The highest BCUT2D eigenvalue weighted by molar-refractivity contribution is 5.82. The Kier molecular flexibility index (Phi) is 5.43. The quantitative estimate of drug-likeness (QED) is 0.805. The van der Waals surface area contributed by atoms with Crippen LogP contribution in [0.4, 0.5) is 0 Å². The smallest absolute Gasteiger partial charge is 0.237 e. The Hall–Kier alpha value is -0.570. The monoisotopic (exact) mass is 268 g/mol. The molecule has 0 bridgehead atoms. The summed E-state index contributed by atoms with van der Waals surface area (Å²) in [6.07, 6.45) is 6.30. The second kappa shape index (κ2) is 6.25. The molecule has 0 aliphatic heterocycles. The molecular weight excluding hydrogens is 236 g/mol. The lowest BCUT2D eigenvalue weighted by Gasteiger charge is -2.33. The number of hydrogen-bond acceptors (Lipinski definition) is 2. The SMILES string of the molecule is CC(C)CC1(CNC(=O)[C@H](N)C(C)(C)C)CCCC1. The average molecular weight is 268 g/mol. The fourth-order valence-electron chi connectivity index (χ4n) is 3.22. The molecule has 1 aliphatic rings. The van der Waals surface area contributed by atoms with Crippen molar-refractivity contribution in [1.29, 1.82) is 0 Å². The first-order chi connectivity index (χ1) is 8.66. The summed E-state index contributed by atoms with van der Waals surface area (Å²) in [5.41, 5.74) is 6.16. The van der Waals surface area contributed by atoms with Crippen LogP contribution in [0.1, 0.15) is 66.7 Å². The summed E-state index contributed by atoms with van der Waals surface area (Å²) < 4.78 is 0. The molecule has 19 heavy (non-hydrogen) atoms. The molecule has 1 amide bonds. The molecule has 1 saturated carbocycles. The van der Waals surface area contributed by atoms with Crippen molar-refractivity contribution in [2.24, 2.45) is 22.5 Å². The van der Waals surface area contributed by atoms with E-state index in [1.54, 1.807) is 0 Å². The number of nitrogens with one attached hydrogen (secondary N) is 1. The van der Waals surface area contributed by atoms with Crippen molar-refractivity contribution in [3.8, 4) is 0 Å². The van der Waals surface area contributed by atoms with Crippen LogP contribution in [0.15, 0.2) is 0 Å². The molecule has 0 saturated heterocycles. The maximum Gasteiger partial charge on any atom is 0.237 e. The van der Waals surface area contributed by atoms with Gasteiger partial charge in [-0.25, -0.2) is 0 Å². The minimum Gasteiger partial charge on any atom is -0.354 e. The molecule has 0 aromatic carbocycles. The van der Waals surface area contributed by atoms with Gasteiger partial charge in [-0.15, -0.1) is 0 Å². The lowest BCUT2D eigenvalue weighted by atomic mass is 9.78. The van der Waals surface area contributed by atoms with Crippen molar-refractivity contribution in [2.75, 3.05) is 6.54 Å². The Labute approximate surface area is 118 Å². The van der Waals surface area contributed by atoms with Gasteiger partial charge in [0.25, 0.3) is 0 Å². The molecule has 1 atom stereocenters. The van der Waals surface area contributed by atoms with Crippen LogP contribution >= 0.6 is 0 Å². The highest BCUT2D eigenvalue weighted by atomic mass is 16.2. The van der Waals surface area contributed by atoms with Gasteiger partial charge in [-0.05, 0) is 36.0 Å². The van der Waals surface area contributed by atoms with Crippen LogP contribution in [-0.4, -0.2) is 18.5 Å². The van der Waals surface area contributed by atoms with E-state index in [4.69, 9.17) is 5.73 Å². The van der Waals surface area contributed by atoms with Gasteiger partial charge in [-0.1, -0.05) is 47.5 Å². The Morgan fingerprint density at radius 2 is 1.79 bits per heavy atom. The fraction of sp³-hybridized carbons (Fsp3) is 0.938. The largest absolute Gasteiger partial charge is 0.354 e. The minimum atomic E-state index is -0.426. The number of amides is 1. The third-order valence-electron chi connectivity index (χ3n) is 4.36. The van der Waals surface area contributed by atoms with Crippen molar-refractivity contribution < 1.29 is 4.79 Å². The summed E-state index contributed by atoms with van der Waals surface area (Å²) in [5.74, 6) is 0.689. The molecule has 1 fully saturated rings. The second-order valence-corrected chi connectivity index (χ2v) is 7.87. The first-order valence-corrected chi connectivity index (χ1v) is 7.70. The minimum absolute atomic E-state index is 0.00234. The van der Waals surface area contributed by atoms with E-state index < -0.39 is 6.04 Å². The molecule has 112 valence electrons. The molecular formula is C16H32N2O. The van der Waals surface area contributed by atoms with Crippen LogP contribution < -0.4 is 11.1 Å². The van der Waals surface area contributed by atoms with Gasteiger partial charge in [0.15, 0.2) is 0 Å². The Morgan fingerprint density at radius 3 is 2.21 bits per heavy atom. The maximum atomic E-state index is 12.1. The van der Waals surface area contributed by atoms with Crippen molar-refractivity contribution in [1.82, 2.24) is 5.32 Å². The van der Waals surface area contributed by atoms with E-state index in [1.165, 1.54) is 32.1 Å². The molecule has 3 N–H and O–H groups in total. The zero-order chi connectivity index (χ0) is 14.7. The van der Waals surface area contributed by atoms with Gasteiger partial charge >= 0.3 is 0 Å². The van der Waals surface area contributed by atoms with Crippen LogP contribution in [0.25, 0.3) is 0 Å². The van der Waals surface area contributed by atoms with Gasteiger partial charge in [0.05, 0.1) is 6.04 Å². The standard InChI is InChI=1S/C16H32N2O/c1-12(2)10-16(8-6-7-9-16)11-18-14(19)13(17)15(3,4)5/h12-13H,6-11,17H2,1-5H3,(H,18,19)/t13-/m0/s1. The second-order valence-electron chi connectivity index (χ2n) is 7.87. The van der Waals surface area contributed by atoms with Crippen LogP contribution in [0.2, 0.25) is 0 Å². The lowest BCUT2D eigenvalue weighted by Crippen LogP contribution is -2.50. The highest BCUT2D eigenvalue weighted by Gasteiger charge is 2.36. The van der Waals surface area contributed by atoms with Gasteiger partial charge in [-0.3, -0.25) is 4.79 Å². The van der Waals surface area contributed by atoms with Crippen molar-refractivity contribution >= 4 is 5.91 Å². The fourth-order valence-corrected chi connectivity index (χ4v) is 3.22. The van der Waals surface area contributed by atoms with E-state index in [9.17, 15) is 4.79 Å². The van der Waals surface area contributed by atoms with Crippen LogP contribution in [-0.2, 0) is 4.79 Å². The Morgan fingerprint density at radius 1 is 1.26 bits per heavy atom. The number of hydrogen-bond donors (Lipinski definition) is 2. The molecule has 1 rings (SSSR count). The predicted molar refractivity (Wildman–Crippen MR) is 80.8 cm³/mol. The Bertz CT molecular complexity index is 298. The van der Waals surface area contributed by atoms with Gasteiger partial charge in [0, 0.05) is 6.54 Å². The molecule has 0 spiro atoms. The molecule has 0 radical (unpaired) electrons. The number of nitrogens with two attached hydrogens (primary N) is 1. The third-order valence-corrected chi connectivity index (χ3v) is 4.36. The molecule has 1 aliphatic carbocycles. The zero-order valence-electron chi connectivity index (χ0n) is 13.4. The summed E-state index contributed by atoms with van der Waals surface area (Å²) in [6, 6.07) is -0.426. The average Bonchev–Trinajstić information content (AvgIpc) is 2.71. The van der Waals surface area contributed by atoms with Gasteiger partial charge in [-0.2, -0.15) is 0 Å². The molecule has 3 nitrogen and oxygen atoms in total. The van der Waals surface area contributed by atoms with Crippen molar-refractivity contribution in [3.05, 3.63) is 0 Å². The van der Waals surface area contributed by atoms with Crippen molar-refractivity contribution in [3.63, 3.8) is 0 Å². The van der Waals surface area contributed by atoms with Crippen LogP contribution in [0.3, 0.4) is 0 Å². The summed E-state index contributed by atoms with van der Waals surface area (Å²) in [7, 11) is 0. The lowest BCUT2D eigenvalue weighted by molar-refractivity contribution is -0.125. The van der Waals surface area contributed by atoms with Gasteiger partial charge in [0.2, 0.25) is 5.91 Å². The van der Waals surface area contributed by atoms with Crippen molar-refractivity contribution in [2.45, 2.75) is 72.8 Å². The van der Waals surface area contributed by atoms with E-state index >= 15 is 0 Å². The number of carbonyl (C=O) groups is 1. The van der Waals surface area contributed by atoms with E-state index in [0.717, 1.165) is 6.54 Å². The molecule has 0 aromatic rings. The molecule has 0 unspecified atom stereocenters. The van der Waals surface area contributed by atoms with E-state index in [2.05, 4.69) is 19.2 Å². The zero-order valence-corrected chi connectivity index (χ0v) is 13.4. The molecule has 0 aromatic heterocycles. The van der Waals surface area contributed by atoms with E-state index in [1.807, 2.05) is 20.8 Å². The summed E-state index contributed by atoms with van der Waals surface area (Å²) in [5, 5.41) is 3.11. The normalized spacial score (nSPS) is 20.6. The first-order valence-electron chi connectivity index (χ1n) is 7.70. The van der Waals surface area contributed by atoms with Gasteiger partial charge < -0.3 is 11.1 Å². The Balaban J connectivity index is 2.55. The highest BCUT2D eigenvalue weighted by Crippen LogP contribution is 2.42. The third kappa shape index (κ3) is 4.79. The van der Waals surface area contributed by atoms with E-state index in [-0.39, 0.29) is 11.3 Å². The molecule has 3 heteroatoms. The summed E-state index contributed by atoms with van der Waals surface area (Å²) in [6.45, 7) is 11.4. The van der Waals surface area contributed by atoms with Crippen LogP contribution in [0.5, 0.6) is 0 Å². The summed E-state index contributed by atoms with van der Waals surface area (Å²) >= 11 is 0. The number of rotatable bonds is 5. The summed E-state index contributed by atoms with van der Waals surface area (Å²) in [4.78, 5) is 12.1. The maximum absolute atomic E-state index is 12.1. The number of carbonyl (C=O) groups excluding carboxylic acids is 1. The first kappa shape index (κ1) is 16.5.